The Morgan fingerprint density at radius 3 is 2.54 bits per heavy atom. The minimum Gasteiger partial charge on any atom is -0.0799 e. The zero-order valence-corrected chi connectivity index (χ0v) is 16.0. The summed E-state index contributed by atoms with van der Waals surface area (Å²) in [6, 6.07) is 7.00. The van der Waals surface area contributed by atoms with Crippen molar-refractivity contribution in [3.8, 4) is 0 Å². The second-order valence-electron chi connectivity index (χ2n) is 7.91. The minimum atomic E-state index is 0.226. The lowest BCUT2D eigenvalue weighted by Gasteiger charge is -2.38. The highest BCUT2D eigenvalue weighted by Crippen LogP contribution is 2.59. The molecule has 1 saturated carbocycles. The van der Waals surface area contributed by atoms with Gasteiger partial charge in [-0.1, -0.05) is 82.5 Å². The number of fused-ring (bicyclic) bond motifs is 1. The van der Waals surface area contributed by atoms with Gasteiger partial charge in [0, 0.05) is 0 Å². The van der Waals surface area contributed by atoms with Crippen LogP contribution in [-0.2, 0) is 12.8 Å². The number of benzene rings is 1. The molecule has 1 aromatic rings. The van der Waals surface area contributed by atoms with E-state index < -0.39 is 0 Å². The standard InChI is InChI=1S/C24H32/c1-6-10-19-13-9-15-22(21(19)11-7-2)23-16-20-14-8-12-17(3)24(20,5)18(23)4/h8-9,12-15,18,20,23H,6-7,10-11H2,1-5H3. The first kappa shape index (κ1) is 17.5. The molecule has 0 aliphatic heterocycles. The lowest BCUT2D eigenvalue weighted by Crippen LogP contribution is -2.30. The molecular weight excluding hydrogens is 288 g/mol. The van der Waals surface area contributed by atoms with E-state index in [0.717, 1.165) is 0 Å². The van der Waals surface area contributed by atoms with Crippen molar-refractivity contribution in [2.24, 2.45) is 17.3 Å². The molecule has 1 fully saturated rings. The largest absolute Gasteiger partial charge is 0.0799 e. The third-order valence-corrected chi connectivity index (χ3v) is 6.61. The van der Waals surface area contributed by atoms with Crippen LogP contribution < -0.4 is 0 Å². The second-order valence-corrected chi connectivity index (χ2v) is 7.91. The fraction of sp³-hybridized carbons (Fsp3) is 0.542. The van der Waals surface area contributed by atoms with Gasteiger partial charge in [-0.2, -0.15) is 0 Å². The summed E-state index contributed by atoms with van der Waals surface area (Å²) in [6.45, 7) is 11.8. The third-order valence-electron chi connectivity index (χ3n) is 6.61. The van der Waals surface area contributed by atoms with Crippen LogP contribution in [-0.4, -0.2) is 0 Å². The van der Waals surface area contributed by atoms with E-state index in [1.54, 1.807) is 16.7 Å². The van der Waals surface area contributed by atoms with Gasteiger partial charge >= 0.3 is 0 Å². The van der Waals surface area contributed by atoms with E-state index in [4.69, 9.17) is 0 Å². The molecule has 3 rings (SSSR count). The zero-order chi connectivity index (χ0) is 17.3. The summed E-state index contributed by atoms with van der Waals surface area (Å²) < 4.78 is 0. The van der Waals surface area contributed by atoms with Crippen LogP contribution in [0.3, 0.4) is 0 Å². The molecule has 0 spiro atoms. The first-order chi connectivity index (χ1) is 11.5. The van der Waals surface area contributed by atoms with E-state index in [1.807, 2.05) is 0 Å². The number of allylic oxidation sites excluding steroid dienone is 4. The maximum absolute atomic E-state index is 3.97. The lowest BCUT2D eigenvalue weighted by atomic mass is 9.66. The van der Waals surface area contributed by atoms with Crippen molar-refractivity contribution in [3.63, 3.8) is 0 Å². The predicted octanol–water partition coefficient (Wildman–Crippen LogP) is 6.54. The quantitative estimate of drug-likeness (QED) is 0.577. The van der Waals surface area contributed by atoms with Crippen LogP contribution in [0.15, 0.2) is 42.0 Å². The van der Waals surface area contributed by atoms with Gasteiger partial charge in [-0.3, -0.25) is 0 Å². The Kier molecular flexibility index (Phi) is 5.04. The first-order valence-corrected chi connectivity index (χ1v) is 9.76. The van der Waals surface area contributed by atoms with Gasteiger partial charge in [0.05, 0.1) is 0 Å². The van der Waals surface area contributed by atoms with Gasteiger partial charge < -0.3 is 0 Å². The molecule has 4 unspecified atom stereocenters. The Balaban J connectivity index is 2.02. The molecule has 0 aromatic heterocycles. The number of rotatable bonds is 5. The summed E-state index contributed by atoms with van der Waals surface area (Å²) in [5.41, 5.74) is 6.46. The molecule has 0 heteroatoms. The Morgan fingerprint density at radius 1 is 1.12 bits per heavy atom. The average Bonchev–Trinajstić information content (AvgIpc) is 2.83. The smallest absolute Gasteiger partial charge is 0.000579 e. The number of aryl methyl sites for hydroxylation is 1. The molecule has 0 saturated heterocycles. The van der Waals surface area contributed by atoms with Gasteiger partial charge in [0.2, 0.25) is 0 Å². The molecule has 2 aliphatic carbocycles. The summed E-state index contributed by atoms with van der Waals surface area (Å²) in [6.07, 6.45) is 15.7. The molecule has 4 atom stereocenters. The van der Waals surface area contributed by atoms with Crippen molar-refractivity contribution in [3.05, 3.63) is 65.1 Å². The van der Waals surface area contributed by atoms with Crippen LogP contribution in [0, 0.1) is 23.7 Å². The van der Waals surface area contributed by atoms with Crippen molar-refractivity contribution < 1.29 is 0 Å². The summed E-state index contributed by atoms with van der Waals surface area (Å²) in [7, 11) is 0. The van der Waals surface area contributed by atoms with Crippen molar-refractivity contribution >= 4 is 0 Å². The summed E-state index contributed by atoms with van der Waals surface area (Å²) in [5, 5.41) is 0. The first-order valence-electron chi connectivity index (χ1n) is 9.76. The maximum atomic E-state index is 3.97. The van der Waals surface area contributed by atoms with Crippen LogP contribution in [0.4, 0.5) is 0 Å². The third kappa shape index (κ3) is 2.68. The molecule has 0 nitrogen and oxygen atoms in total. The average molecular weight is 321 g/mol. The van der Waals surface area contributed by atoms with Crippen LogP contribution in [0.25, 0.3) is 0 Å². The monoisotopic (exact) mass is 320 g/mol. The molecule has 0 heterocycles. The molecule has 24 heavy (non-hydrogen) atoms. The Hall–Kier alpha value is -1.30. The normalized spacial score (nSPS) is 31.9. The summed E-state index contributed by atoms with van der Waals surface area (Å²) >= 11 is 0. The summed E-state index contributed by atoms with van der Waals surface area (Å²) in [5.74, 6) is 1.49. The van der Waals surface area contributed by atoms with Gasteiger partial charge in [0.25, 0.3) is 0 Å². The molecule has 1 aromatic carbocycles. The Bertz CT molecular complexity index is 648. The van der Waals surface area contributed by atoms with Crippen LogP contribution in [0.2, 0.25) is 0 Å². The minimum absolute atomic E-state index is 0.226. The Labute approximate surface area is 149 Å². The topological polar surface area (TPSA) is 0 Å². The highest BCUT2D eigenvalue weighted by atomic mass is 14.5. The van der Waals surface area contributed by atoms with Gasteiger partial charge in [-0.05, 0) is 66.0 Å². The highest BCUT2D eigenvalue weighted by molar-refractivity contribution is 5.44. The second kappa shape index (κ2) is 6.90. The van der Waals surface area contributed by atoms with E-state index in [0.29, 0.717) is 17.8 Å². The molecule has 2 aliphatic rings. The fourth-order valence-electron chi connectivity index (χ4n) is 4.85. The van der Waals surface area contributed by atoms with Crippen LogP contribution >= 0.6 is 0 Å². The highest BCUT2D eigenvalue weighted by Gasteiger charge is 2.51. The van der Waals surface area contributed by atoms with Crippen molar-refractivity contribution in [2.75, 3.05) is 0 Å². The van der Waals surface area contributed by atoms with Crippen LogP contribution in [0.5, 0.6) is 0 Å². The van der Waals surface area contributed by atoms with E-state index in [2.05, 4.69) is 77.5 Å². The molecular formula is C24H32. The number of hydrogen-bond donors (Lipinski definition) is 0. The van der Waals surface area contributed by atoms with E-state index in [1.165, 1.54) is 31.3 Å². The van der Waals surface area contributed by atoms with Gasteiger partial charge in [-0.25, -0.2) is 0 Å². The van der Waals surface area contributed by atoms with E-state index >= 15 is 0 Å². The van der Waals surface area contributed by atoms with Gasteiger partial charge in [0.1, 0.15) is 0 Å². The van der Waals surface area contributed by atoms with Gasteiger partial charge in [0.15, 0.2) is 0 Å². The van der Waals surface area contributed by atoms with Gasteiger partial charge in [-0.15, -0.1) is 0 Å². The maximum Gasteiger partial charge on any atom is -0.000579 e. The Morgan fingerprint density at radius 2 is 1.88 bits per heavy atom. The van der Waals surface area contributed by atoms with E-state index in [9.17, 15) is 0 Å². The molecule has 2 radical (unpaired) electrons. The van der Waals surface area contributed by atoms with Crippen molar-refractivity contribution in [2.45, 2.75) is 66.2 Å². The lowest BCUT2D eigenvalue weighted by molar-refractivity contribution is 0.250. The van der Waals surface area contributed by atoms with Crippen molar-refractivity contribution in [1.29, 1.82) is 0 Å². The van der Waals surface area contributed by atoms with E-state index in [-0.39, 0.29) is 5.41 Å². The molecule has 0 amide bonds. The molecule has 0 bridgehead atoms. The molecule has 0 N–H and O–H groups in total. The molecule has 128 valence electrons. The SMILES string of the molecule is CCCc1cccc(C2[C]C3C=CC=C(C)C3(C)C2C)c1CCC. The van der Waals surface area contributed by atoms with Crippen LogP contribution in [0.1, 0.15) is 70.1 Å². The fourth-order valence-corrected chi connectivity index (χ4v) is 4.85. The number of hydrogen-bond acceptors (Lipinski definition) is 0. The predicted molar refractivity (Wildman–Crippen MR) is 104 cm³/mol. The van der Waals surface area contributed by atoms with Crippen molar-refractivity contribution in [1.82, 2.24) is 0 Å². The zero-order valence-electron chi connectivity index (χ0n) is 16.0. The summed E-state index contributed by atoms with van der Waals surface area (Å²) in [4.78, 5) is 0.